The highest BCUT2D eigenvalue weighted by Crippen LogP contribution is 1.38. The predicted molar refractivity (Wildman–Crippen MR) is 16.6 cm³/mol. The first-order chi connectivity index (χ1) is 1.41. The van der Waals surface area contributed by atoms with Crippen LogP contribution >= 0.6 is 0 Å². The summed E-state index contributed by atoms with van der Waals surface area (Å²) in [5.74, 6) is 0. The molecule has 0 aromatic carbocycles. The summed E-state index contributed by atoms with van der Waals surface area (Å²) in [5, 5.41) is 0. The van der Waals surface area contributed by atoms with E-state index in [1.807, 2.05) is 6.92 Å². The Morgan fingerprint density at radius 2 is 1.75 bits per heavy atom. The van der Waals surface area contributed by atoms with Gasteiger partial charge in [-0.1, -0.05) is 6.08 Å². The monoisotopic (exact) mass is 58.0 g/mol. The summed E-state index contributed by atoms with van der Waals surface area (Å²) in [4.78, 5) is 0. The fourth-order valence-electron chi connectivity index (χ4n) is 0. The fraction of sp³-hybridized carbons (Fsp3) is 0.333. The van der Waals surface area contributed by atoms with E-state index in [0.29, 0.717) is 0 Å². The van der Waals surface area contributed by atoms with Gasteiger partial charge in [0.2, 0.25) is 0 Å². The van der Waals surface area contributed by atoms with Crippen LogP contribution < -0.4 is 0 Å². The van der Waals surface area contributed by atoms with Crippen molar-refractivity contribution in [1.29, 1.82) is 0 Å². The van der Waals surface area contributed by atoms with E-state index < -0.39 is 0 Å². The quantitative estimate of drug-likeness (QED) is 0.373. The molecule has 0 spiro atoms. The molecule has 0 saturated heterocycles. The Morgan fingerprint density at radius 3 is 1.75 bits per heavy atom. The molecule has 0 bridgehead atoms. The highest BCUT2D eigenvalue weighted by molar-refractivity contribution is 4.51. The molecule has 1 nitrogen and oxygen atoms in total. The first-order valence-electron chi connectivity index (χ1n) is 0.986. The smallest absolute Gasteiger partial charge is 0 e. The molecular formula is C3H6O. The van der Waals surface area contributed by atoms with Gasteiger partial charge in [0, 0.05) is 5.48 Å². The lowest BCUT2D eigenvalue weighted by molar-refractivity contribution is 0.686. The Hall–Kier alpha value is -0.300. The van der Waals surface area contributed by atoms with E-state index in [9.17, 15) is 0 Å². The topological polar surface area (TPSA) is 28.5 Å². The molecule has 1 heteroatoms. The van der Waals surface area contributed by atoms with Gasteiger partial charge in [0.25, 0.3) is 0 Å². The highest BCUT2D eigenvalue weighted by Gasteiger charge is 1.15. The summed E-state index contributed by atoms with van der Waals surface area (Å²) in [5.41, 5.74) is 0. The summed E-state index contributed by atoms with van der Waals surface area (Å²) >= 11 is 0. The van der Waals surface area contributed by atoms with Crippen molar-refractivity contribution in [3.63, 3.8) is 0 Å². The molecule has 2 radical (unpaired) electrons. The van der Waals surface area contributed by atoms with Crippen LogP contribution in [0.25, 0.3) is 0 Å². The molecule has 0 aliphatic rings. The molecule has 0 saturated carbocycles. The van der Waals surface area contributed by atoms with E-state index >= 15 is 0 Å². The van der Waals surface area contributed by atoms with Gasteiger partial charge in [-0.15, -0.1) is 6.58 Å². The Bertz CT molecular complexity index is 10.8. The molecule has 0 aliphatic heterocycles. The van der Waals surface area contributed by atoms with Gasteiger partial charge >= 0.3 is 0 Å². The van der Waals surface area contributed by atoms with Crippen molar-refractivity contribution in [3.05, 3.63) is 12.7 Å². The van der Waals surface area contributed by atoms with Crippen LogP contribution in [0.3, 0.4) is 0 Å². The van der Waals surface area contributed by atoms with Crippen LogP contribution in [0.2, 0.25) is 0 Å². The van der Waals surface area contributed by atoms with Gasteiger partial charge in [-0.2, -0.15) is 0 Å². The molecule has 0 atom stereocenters. The fourth-order valence-corrected chi connectivity index (χ4v) is 0. The minimum absolute atomic E-state index is 0. The van der Waals surface area contributed by atoms with Crippen LogP contribution in [0, 0.1) is 0 Å². The van der Waals surface area contributed by atoms with E-state index in [0.717, 1.165) is 0 Å². The highest BCUT2D eigenvalue weighted by atomic mass is 16.0. The molecule has 0 aromatic heterocycles. The van der Waals surface area contributed by atoms with Crippen molar-refractivity contribution in [2.24, 2.45) is 0 Å². The standard InChI is InChI=1S/C3H6.O/c1-3-2;/h3H,1H2,2H3;. The van der Waals surface area contributed by atoms with E-state index in [2.05, 4.69) is 6.58 Å². The lowest BCUT2D eigenvalue weighted by atomic mass is 10.8. The molecule has 0 amide bonds. The lowest BCUT2D eigenvalue weighted by Crippen LogP contribution is -1.07. The zero-order valence-corrected chi connectivity index (χ0v) is 2.69. The van der Waals surface area contributed by atoms with Crippen molar-refractivity contribution >= 4 is 0 Å². The molecule has 24 valence electrons. The molecule has 0 aromatic rings. The molecular weight excluding hydrogens is 52.0 g/mol. The number of rotatable bonds is 0. The number of allylic oxidation sites excluding steroid dienone is 1. The third kappa shape index (κ3) is 9.26. The minimum atomic E-state index is 0. The number of hydrogen-bond acceptors (Lipinski definition) is 0. The van der Waals surface area contributed by atoms with Crippen molar-refractivity contribution in [2.75, 3.05) is 0 Å². The molecule has 4 heavy (non-hydrogen) atoms. The van der Waals surface area contributed by atoms with Crippen molar-refractivity contribution in [3.8, 4) is 0 Å². The third-order valence-electron chi connectivity index (χ3n) is 0. The minimum Gasteiger partial charge on any atom is -0.103 e. The van der Waals surface area contributed by atoms with Gasteiger partial charge in [-0.3, -0.25) is 0 Å². The summed E-state index contributed by atoms with van der Waals surface area (Å²) in [7, 11) is 0. The van der Waals surface area contributed by atoms with Crippen LogP contribution in [-0.4, -0.2) is 0 Å². The van der Waals surface area contributed by atoms with Crippen LogP contribution in [-0.2, 0) is 5.48 Å². The second-order valence-corrected chi connectivity index (χ2v) is 0.408. The Morgan fingerprint density at radius 1 is 1.75 bits per heavy atom. The zero-order chi connectivity index (χ0) is 2.71. The van der Waals surface area contributed by atoms with Gasteiger partial charge in [0.05, 0.1) is 0 Å². The zero-order valence-electron chi connectivity index (χ0n) is 2.69. The Balaban J connectivity index is 0. The molecule has 0 rings (SSSR count). The summed E-state index contributed by atoms with van der Waals surface area (Å²) < 4.78 is 0. The lowest BCUT2D eigenvalue weighted by Gasteiger charge is -1.31. The Kier molecular flexibility index (Phi) is 37.2. The maximum absolute atomic E-state index is 3.36. The van der Waals surface area contributed by atoms with Gasteiger partial charge in [-0.05, 0) is 6.92 Å². The van der Waals surface area contributed by atoms with Crippen LogP contribution in [0.1, 0.15) is 6.92 Å². The maximum Gasteiger partial charge on any atom is 0 e. The average Bonchev–Trinajstić information content (AvgIpc) is 0.918. The molecule has 0 unspecified atom stereocenters. The van der Waals surface area contributed by atoms with Crippen LogP contribution in [0.5, 0.6) is 0 Å². The summed E-state index contributed by atoms with van der Waals surface area (Å²) in [6.45, 7) is 5.25. The second kappa shape index (κ2) is 15.9. The maximum atomic E-state index is 3.36. The van der Waals surface area contributed by atoms with Gasteiger partial charge in [0.1, 0.15) is 0 Å². The van der Waals surface area contributed by atoms with Gasteiger partial charge < -0.3 is 0 Å². The van der Waals surface area contributed by atoms with E-state index in [1.165, 1.54) is 0 Å². The van der Waals surface area contributed by atoms with Crippen molar-refractivity contribution in [1.82, 2.24) is 0 Å². The molecule has 0 fully saturated rings. The van der Waals surface area contributed by atoms with E-state index in [4.69, 9.17) is 0 Å². The molecule has 0 heterocycles. The number of hydrogen-bond donors (Lipinski definition) is 0. The predicted octanol–water partition coefficient (Wildman–Crippen LogP) is 1.07. The van der Waals surface area contributed by atoms with Crippen molar-refractivity contribution < 1.29 is 5.48 Å². The van der Waals surface area contributed by atoms with Gasteiger partial charge in [0.15, 0.2) is 0 Å². The first-order valence-corrected chi connectivity index (χ1v) is 0.986. The SMILES string of the molecule is C=CC.[O]. The average molecular weight is 58.1 g/mol. The van der Waals surface area contributed by atoms with Crippen LogP contribution in [0.4, 0.5) is 0 Å². The van der Waals surface area contributed by atoms with E-state index in [1.54, 1.807) is 6.08 Å². The largest absolute Gasteiger partial charge is 0.103 e. The van der Waals surface area contributed by atoms with E-state index in [-0.39, 0.29) is 5.48 Å². The molecule has 0 aliphatic carbocycles. The Labute approximate surface area is 26.3 Å². The van der Waals surface area contributed by atoms with Crippen molar-refractivity contribution in [2.45, 2.75) is 6.92 Å². The third-order valence-corrected chi connectivity index (χ3v) is 0. The molecule has 0 N–H and O–H groups in total. The second-order valence-electron chi connectivity index (χ2n) is 0.408. The normalized spacial score (nSPS) is 3.25. The summed E-state index contributed by atoms with van der Waals surface area (Å²) in [6, 6.07) is 0. The van der Waals surface area contributed by atoms with Gasteiger partial charge in [-0.25, -0.2) is 0 Å². The summed E-state index contributed by atoms with van der Waals surface area (Å²) in [6.07, 6.45) is 1.75. The first kappa shape index (κ1) is 9.33. The van der Waals surface area contributed by atoms with Crippen LogP contribution in [0.15, 0.2) is 12.7 Å².